The Morgan fingerprint density at radius 3 is 2.44 bits per heavy atom. The number of hydrogen-bond donors (Lipinski definition) is 3. The van der Waals surface area contributed by atoms with Gasteiger partial charge in [0.25, 0.3) is 0 Å². The van der Waals surface area contributed by atoms with E-state index in [9.17, 15) is 8.42 Å². The molecule has 0 heterocycles. The van der Waals surface area contributed by atoms with Crippen molar-refractivity contribution in [1.82, 2.24) is 0 Å². The van der Waals surface area contributed by atoms with E-state index in [1.54, 1.807) is 12.1 Å². The fourth-order valence-corrected chi connectivity index (χ4v) is 2.19. The average Bonchev–Trinajstić information content (AvgIpc) is 2.80. The second kappa shape index (κ2) is 3.36. The van der Waals surface area contributed by atoms with Gasteiger partial charge in [-0.05, 0) is 38.0 Å². The van der Waals surface area contributed by atoms with Crippen LogP contribution in [-0.4, -0.2) is 14.0 Å². The zero-order valence-corrected chi connectivity index (χ0v) is 9.84. The molecule has 1 fully saturated rings. The minimum Gasteiger partial charge on any atom is -0.398 e. The maximum absolute atomic E-state index is 11.1. The first-order chi connectivity index (χ1) is 7.30. The number of nitrogens with one attached hydrogen (secondary N) is 1. The summed E-state index contributed by atoms with van der Waals surface area (Å²) in [6.07, 6.45) is 2.23. The molecule has 0 saturated heterocycles. The zero-order chi connectivity index (χ0) is 12.0. The van der Waals surface area contributed by atoms with Crippen molar-refractivity contribution in [2.75, 3.05) is 11.1 Å². The first kappa shape index (κ1) is 11.2. The lowest BCUT2D eigenvalue weighted by Crippen LogP contribution is -2.17. The Bertz CT molecular complexity index is 521. The number of anilines is 2. The average molecular weight is 241 g/mol. The van der Waals surface area contributed by atoms with Gasteiger partial charge in [0.15, 0.2) is 0 Å². The third-order valence-corrected chi connectivity index (χ3v) is 3.75. The molecule has 1 aromatic carbocycles. The molecule has 1 aliphatic carbocycles. The van der Waals surface area contributed by atoms with Crippen LogP contribution in [0.15, 0.2) is 23.1 Å². The van der Waals surface area contributed by atoms with E-state index in [-0.39, 0.29) is 16.1 Å². The molecule has 2 rings (SSSR count). The van der Waals surface area contributed by atoms with Gasteiger partial charge in [-0.1, -0.05) is 0 Å². The van der Waals surface area contributed by atoms with E-state index >= 15 is 0 Å². The highest BCUT2D eigenvalue weighted by atomic mass is 32.2. The Morgan fingerprint density at radius 1 is 1.38 bits per heavy atom. The lowest BCUT2D eigenvalue weighted by Gasteiger charge is -2.14. The maximum atomic E-state index is 11.1. The van der Waals surface area contributed by atoms with E-state index in [2.05, 4.69) is 12.2 Å². The number of rotatable bonds is 3. The minimum absolute atomic E-state index is 0.0287. The predicted molar refractivity (Wildman–Crippen MR) is 63.5 cm³/mol. The van der Waals surface area contributed by atoms with Gasteiger partial charge in [-0.25, -0.2) is 13.6 Å². The molecule has 1 aromatic rings. The summed E-state index contributed by atoms with van der Waals surface area (Å²) in [4.78, 5) is -0.0287. The van der Waals surface area contributed by atoms with Gasteiger partial charge in [0.2, 0.25) is 10.0 Å². The highest BCUT2D eigenvalue weighted by Crippen LogP contribution is 2.38. The zero-order valence-electron chi connectivity index (χ0n) is 9.03. The molecule has 1 saturated carbocycles. The van der Waals surface area contributed by atoms with Crippen molar-refractivity contribution in [3.8, 4) is 0 Å². The number of primary sulfonamides is 1. The molecule has 0 unspecified atom stereocenters. The van der Waals surface area contributed by atoms with E-state index in [4.69, 9.17) is 10.9 Å². The molecule has 5 N–H and O–H groups in total. The third-order valence-electron chi connectivity index (χ3n) is 2.76. The SMILES string of the molecule is CC1(Nc2ccc(S(N)(=O)=O)c(N)c2)CC1. The van der Waals surface area contributed by atoms with Gasteiger partial charge in [-0.15, -0.1) is 0 Å². The summed E-state index contributed by atoms with van der Waals surface area (Å²) in [5.41, 5.74) is 6.78. The molecule has 0 aromatic heterocycles. The van der Waals surface area contributed by atoms with Crippen molar-refractivity contribution in [2.45, 2.75) is 30.2 Å². The van der Waals surface area contributed by atoms with Gasteiger partial charge in [0, 0.05) is 11.2 Å². The van der Waals surface area contributed by atoms with Crippen LogP contribution < -0.4 is 16.2 Å². The molecule has 0 atom stereocenters. The van der Waals surface area contributed by atoms with Crippen LogP contribution in [-0.2, 0) is 10.0 Å². The predicted octanol–water partition coefficient (Wildman–Crippen LogP) is 0.881. The summed E-state index contributed by atoms with van der Waals surface area (Å²) < 4.78 is 22.3. The topological polar surface area (TPSA) is 98.2 Å². The molecular formula is C10H15N3O2S. The van der Waals surface area contributed by atoms with Crippen LogP contribution in [0.1, 0.15) is 19.8 Å². The Labute approximate surface area is 94.9 Å². The Hall–Kier alpha value is -1.27. The molecule has 0 bridgehead atoms. The Balaban J connectivity index is 2.29. The van der Waals surface area contributed by atoms with Crippen LogP contribution in [0.2, 0.25) is 0 Å². The summed E-state index contributed by atoms with van der Waals surface area (Å²) in [5, 5.41) is 8.32. The molecule has 0 spiro atoms. The van der Waals surface area contributed by atoms with Gasteiger partial charge in [0.05, 0.1) is 5.69 Å². The fourth-order valence-electron chi connectivity index (χ4n) is 1.55. The van der Waals surface area contributed by atoms with Crippen molar-refractivity contribution >= 4 is 21.4 Å². The van der Waals surface area contributed by atoms with E-state index in [1.165, 1.54) is 6.07 Å². The van der Waals surface area contributed by atoms with Crippen molar-refractivity contribution in [3.05, 3.63) is 18.2 Å². The molecule has 88 valence electrons. The molecular weight excluding hydrogens is 226 g/mol. The van der Waals surface area contributed by atoms with Gasteiger partial charge in [-0.2, -0.15) is 0 Å². The molecule has 0 radical (unpaired) electrons. The number of nitrogen functional groups attached to an aromatic ring is 1. The van der Waals surface area contributed by atoms with E-state index in [0.717, 1.165) is 18.5 Å². The van der Waals surface area contributed by atoms with E-state index in [0.29, 0.717) is 0 Å². The lowest BCUT2D eigenvalue weighted by molar-refractivity contribution is 0.598. The van der Waals surface area contributed by atoms with Crippen molar-refractivity contribution in [1.29, 1.82) is 0 Å². The number of benzene rings is 1. The van der Waals surface area contributed by atoms with Crippen LogP contribution >= 0.6 is 0 Å². The van der Waals surface area contributed by atoms with Crippen molar-refractivity contribution < 1.29 is 8.42 Å². The highest BCUT2D eigenvalue weighted by Gasteiger charge is 2.37. The summed E-state index contributed by atoms with van der Waals surface area (Å²) in [5.74, 6) is 0. The quantitative estimate of drug-likeness (QED) is 0.684. The lowest BCUT2D eigenvalue weighted by atomic mass is 10.2. The van der Waals surface area contributed by atoms with Crippen molar-refractivity contribution in [2.24, 2.45) is 5.14 Å². The summed E-state index contributed by atoms with van der Waals surface area (Å²) in [6, 6.07) is 4.71. The monoisotopic (exact) mass is 241 g/mol. The van der Waals surface area contributed by atoms with Gasteiger partial charge in [0.1, 0.15) is 4.90 Å². The largest absolute Gasteiger partial charge is 0.398 e. The van der Waals surface area contributed by atoms with Crippen LogP contribution in [0.25, 0.3) is 0 Å². The summed E-state index contributed by atoms with van der Waals surface area (Å²) >= 11 is 0. The van der Waals surface area contributed by atoms with Gasteiger partial charge >= 0.3 is 0 Å². The van der Waals surface area contributed by atoms with E-state index in [1.807, 2.05) is 0 Å². The number of nitrogens with two attached hydrogens (primary N) is 2. The van der Waals surface area contributed by atoms with Gasteiger partial charge in [-0.3, -0.25) is 0 Å². The van der Waals surface area contributed by atoms with Crippen LogP contribution in [0.4, 0.5) is 11.4 Å². The second-order valence-corrected chi connectivity index (χ2v) is 6.01. The maximum Gasteiger partial charge on any atom is 0.240 e. The Morgan fingerprint density at radius 2 is 2.00 bits per heavy atom. The molecule has 0 amide bonds. The highest BCUT2D eigenvalue weighted by molar-refractivity contribution is 7.89. The standard InChI is InChI=1S/C10H15N3O2S/c1-10(4-5-10)13-7-2-3-9(8(11)6-7)16(12,14)15/h2-3,6,13H,4-5,11H2,1H3,(H2,12,14,15). The minimum atomic E-state index is -3.73. The molecule has 16 heavy (non-hydrogen) atoms. The molecule has 1 aliphatic rings. The first-order valence-corrected chi connectivity index (χ1v) is 6.55. The normalized spacial score (nSPS) is 18.1. The van der Waals surface area contributed by atoms with Crippen molar-refractivity contribution in [3.63, 3.8) is 0 Å². The Kier molecular flexibility index (Phi) is 2.36. The number of hydrogen-bond acceptors (Lipinski definition) is 4. The smallest absolute Gasteiger partial charge is 0.240 e. The van der Waals surface area contributed by atoms with Gasteiger partial charge < -0.3 is 11.1 Å². The van der Waals surface area contributed by atoms with Crippen LogP contribution in [0.5, 0.6) is 0 Å². The fraction of sp³-hybridized carbons (Fsp3) is 0.400. The molecule has 6 heteroatoms. The van der Waals surface area contributed by atoms with Crippen LogP contribution in [0, 0.1) is 0 Å². The first-order valence-electron chi connectivity index (χ1n) is 5.01. The van der Waals surface area contributed by atoms with E-state index < -0.39 is 10.0 Å². The molecule has 0 aliphatic heterocycles. The number of sulfonamides is 1. The van der Waals surface area contributed by atoms with Crippen LogP contribution in [0.3, 0.4) is 0 Å². The second-order valence-electron chi connectivity index (χ2n) is 4.48. The molecule has 5 nitrogen and oxygen atoms in total. The summed E-state index contributed by atoms with van der Waals surface area (Å²) in [7, 11) is -3.73. The third kappa shape index (κ3) is 2.28. The summed E-state index contributed by atoms with van der Waals surface area (Å²) in [6.45, 7) is 2.11.